The summed E-state index contributed by atoms with van der Waals surface area (Å²) in [6, 6.07) is 23.2. The Morgan fingerprint density at radius 3 is 0.962 bits per heavy atom. The van der Waals surface area contributed by atoms with Gasteiger partial charge in [0.1, 0.15) is 22.8 Å². The van der Waals surface area contributed by atoms with E-state index in [4.69, 9.17) is 63.9 Å². The van der Waals surface area contributed by atoms with Crippen molar-refractivity contribution in [2.24, 2.45) is 27.5 Å². The lowest BCUT2D eigenvalue weighted by Gasteiger charge is -2.12. The molecule has 6 rings (SSSR count). The second-order valence-corrected chi connectivity index (χ2v) is 15.4. The van der Waals surface area contributed by atoms with Gasteiger partial charge >= 0.3 is 0 Å². The number of pyridine rings is 4. The minimum Gasteiger partial charge on any atom is -0.253 e. The van der Waals surface area contributed by atoms with E-state index in [9.17, 15) is 0 Å². The predicted octanol–water partition coefficient (Wildman–Crippen LogP) is 9.78. The first-order chi connectivity index (χ1) is 25.6. The highest BCUT2D eigenvalue weighted by atomic mass is 35.5. The molecule has 4 aromatic rings. The molecule has 0 aromatic carbocycles. The molecule has 0 amide bonds. The zero-order valence-corrected chi connectivity index (χ0v) is 33.2. The van der Waals surface area contributed by atoms with Crippen LogP contribution in [0.1, 0.15) is 74.1 Å². The van der Waals surface area contributed by atoms with Crippen LogP contribution in [0.5, 0.6) is 0 Å². The van der Waals surface area contributed by atoms with E-state index in [1.54, 1.807) is 24.8 Å². The fourth-order valence-electron chi connectivity index (χ4n) is 4.82. The van der Waals surface area contributed by atoms with Gasteiger partial charge in [-0.2, -0.15) is 17.5 Å². The zero-order valence-electron chi connectivity index (χ0n) is 28.5. The number of aliphatic imine (C=N–C) groups is 2. The van der Waals surface area contributed by atoms with E-state index in [1.165, 1.54) is 38.5 Å². The van der Waals surface area contributed by atoms with Crippen molar-refractivity contribution in [2.75, 3.05) is 22.2 Å². The van der Waals surface area contributed by atoms with Crippen molar-refractivity contribution in [2.45, 2.75) is 51.4 Å². The van der Waals surface area contributed by atoms with Crippen LogP contribution < -0.4 is 0 Å². The number of hydrogen-bond donors (Lipinski definition) is 0. The molecular weight excluding hydrogens is 778 g/mol. The Morgan fingerprint density at radius 1 is 0.385 bits per heavy atom. The minimum absolute atomic E-state index is 0.194. The van der Waals surface area contributed by atoms with Crippen LogP contribution >= 0.6 is 46.4 Å². The normalized spacial score (nSPS) is 16.2. The Bertz CT molecular complexity index is 1610. The molecule has 0 spiro atoms. The van der Waals surface area contributed by atoms with Crippen LogP contribution in [0.2, 0.25) is 0 Å². The highest BCUT2D eigenvalue weighted by molar-refractivity contribution is 7.86. The summed E-state index contributed by atoms with van der Waals surface area (Å²) in [5, 5.41) is 0.389. The molecule has 6 heterocycles. The number of halogens is 4. The molecule has 0 fully saturated rings. The van der Waals surface area contributed by atoms with Gasteiger partial charge in [-0.25, -0.2) is 9.98 Å². The molecule has 2 aliphatic heterocycles. The summed E-state index contributed by atoms with van der Waals surface area (Å²) in [6.45, 7) is 0. The van der Waals surface area contributed by atoms with Crippen LogP contribution in [0.25, 0.3) is 0 Å². The number of rotatable bonds is 15. The van der Waals surface area contributed by atoms with E-state index in [0.717, 1.165) is 47.1 Å². The topological polar surface area (TPSA) is 126 Å². The second-order valence-electron chi connectivity index (χ2n) is 10.9. The van der Waals surface area contributed by atoms with Gasteiger partial charge in [0, 0.05) is 58.0 Å². The summed E-state index contributed by atoms with van der Waals surface area (Å²) in [5.74, 6) is 4.39. The number of alkyl halides is 4. The molecule has 0 N–H and O–H groups in total. The Hall–Kier alpha value is -3.26. The largest absolute Gasteiger partial charge is 0.253 e. The molecule has 2 aliphatic rings. The molecule has 0 radical (unpaired) electrons. The number of nitrogens with zero attached hydrogens (tertiary/aromatic N) is 10. The van der Waals surface area contributed by atoms with E-state index >= 15 is 0 Å². The molecule has 0 saturated carbocycles. The standard InChI is InChI=1S/C34H36N10S2.2CH2Cl2/c1(3-5-15-25-45-41-31(27-17-7-11-21-35-27)39-32(42-45)28-18-8-12-22-36-28)2-4-6-16-26-46-43-33(29-19-9-13-23-37-29)40-34(44-46)30-20-10-14-24-38-30;2*2-1-3/h7-14,17-24H,1-6,15-16,25-26H2;2*1H2. The fraction of sp³-hybridized carbons (Fsp3) is 0.333. The quantitative estimate of drug-likeness (QED) is 0.0875. The third-order valence-electron chi connectivity index (χ3n) is 7.17. The molecule has 16 heteroatoms. The van der Waals surface area contributed by atoms with Gasteiger partial charge in [0.15, 0.2) is 23.3 Å². The molecule has 10 nitrogen and oxygen atoms in total. The number of amidine groups is 4. The van der Waals surface area contributed by atoms with Crippen molar-refractivity contribution in [1.29, 1.82) is 0 Å². The van der Waals surface area contributed by atoms with Gasteiger partial charge in [0.05, 0.1) is 10.7 Å². The average Bonchev–Trinajstić information content (AvgIpc) is 3.20. The number of unbranched alkanes of at least 4 members (excludes halogenated alkanes) is 7. The van der Waals surface area contributed by atoms with E-state index in [1.807, 2.05) is 72.8 Å². The lowest BCUT2D eigenvalue weighted by molar-refractivity contribution is 0.587. The van der Waals surface area contributed by atoms with Gasteiger partial charge in [-0.05, 0) is 61.4 Å². The van der Waals surface area contributed by atoms with Crippen molar-refractivity contribution in [3.63, 3.8) is 0 Å². The highest BCUT2D eigenvalue weighted by Gasteiger charge is 2.17. The molecule has 52 heavy (non-hydrogen) atoms. The first kappa shape index (κ1) is 41.5. The van der Waals surface area contributed by atoms with Crippen LogP contribution in [0.15, 0.2) is 125 Å². The summed E-state index contributed by atoms with van der Waals surface area (Å²) in [5.41, 5.74) is 3.07. The molecule has 4 aromatic heterocycles. The van der Waals surface area contributed by atoms with Crippen LogP contribution in [0.3, 0.4) is 0 Å². The minimum atomic E-state index is -0.483. The van der Waals surface area contributed by atoms with Crippen LogP contribution in [0.4, 0.5) is 0 Å². The van der Waals surface area contributed by atoms with Crippen molar-refractivity contribution >= 4 is 91.5 Å². The van der Waals surface area contributed by atoms with Gasteiger partial charge in [0.2, 0.25) is 0 Å². The maximum Gasteiger partial charge on any atom is 0.188 e. The third-order valence-corrected chi connectivity index (χ3v) is 10.0. The van der Waals surface area contributed by atoms with E-state index in [0.29, 0.717) is 23.3 Å². The first-order valence-corrected chi connectivity index (χ1v) is 21.5. The number of aromatic nitrogens is 4. The highest BCUT2D eigenvalue weighted by Crippen LogP contribution is 2.17. The predicted molar refractivity (Wildman–Crippen MR) is 222 cm³/mol. The second kappa shape index (κ2) is 24.9. The summed E-state index contributed by atoms with van der Waals surface area (Å²) < 4.78 is 19.4. The fourth-order valence-corrected chi connectivity index (χ4v) is 7.53. The summed E-state index contributed by atoms with van der Waals surface area (Å²) in [7, 11) is -0.965. The maximum atomic E-state index is 4.85. The van der Waals surface area contributed by atoms with Gasteiger partial charge in [0.25, 0.3) is 0 Å². The molecule has 0 aliphatic carbocycles. The Morgan fingerprint density at radius 2 is 0.673 bits per heavy atom. The van der Waals surface area contributed by atoms with Gasteiger partial charge in [-0.15, -0.1) is 46.4 Å². The van der Waals surface area contributed by atoms with Gasteiger partial charge < -0.3 is 0 Å². The van der Waals surface area contributed by atoms with Crippen LogP contribution in [-0.2, 0) is 21.8 Å². The molecular formula is C36H40Cl4N10S2. The third kappa shape index (κ3) is 14.6. The lowest BCUT2D eigenvalue weighted by atomic mass is 10.1. The van der Waals surface area contributed by atoms with E-state index in [2.05, 4.69) is 29.9 Å². The summed E-state index contributed by atoms with van der Waals surface area (Å²) in [4.78, 5) is 27.2. The van der Waals surface area contributed by atoms with Crippen molar-refractivity contribution < 1.29 is 0 Å². The van der Waals surface area contributed by atoms with Gasteiger partial charge in [-0.3, -0.25) is 19.9 Å². The SMILES string of the molecule is ClCCl.ClCCl.c1ccc(C2=NC(c3ccccn3)=N[S@@](CCCCCCCCCC[S@]3=NC(c4ccccn4)=NC(c4ccccn4)=N3)=N2)nc1. The molecule has 274 valence electrons. The van der Waals surface area contributed by atoms with Crippen LogP contribution in [0, 0.1) is 0 Å². The van der Waals surface area contributed by atoms with Crippen LogP contribution in [-0.4, -0.2) is 65.5 Å². The van der Waals surface area contributed by atoms with E-state index in [-0.39, 0.29) is 10.7 Å². The Balaban J connectivity index is 0.000000944. The lowest BCUT2D eigenvalue weighted by Crippen LogP contribution is -2.15. The zero-order chi connectivity index (χ0) is 36.6. The van der Waals surface area contributed by atoms with Gasteiger partial charge in [-0.1, -0.05) is 62.8 Å². The smallest absolute Gasteiger partial charge is 0.188 e. The monoisotopic (exact) mass is 816 g/mol. The first-order valence-electron chi connectivity index (χ1n) is 16.7. The Labute approximate surface area is 330 Å². The average molecular weight is 819 g/mol. The molecule has 2 atom stereocenters. The molecule has 0 bridgehead atoms. The van der Waals surface area contributed by atoms with Crippen molar-refractivity contribution in [3.8, 4) is 0 Å². The summed E-state index contributed by atoms with van der Waals surface area (Å²) in [6.07, 6.45) is 16.5. The molecule has 0 unspecified atom stereocenters. The van der Waals surface area contributed by atoms with Crippen molar-refractivity contribution in [1.82, 2.24) is 19.9 Å². The maximum absolute atomic E-state index is 4.85. The molecule has 0 saturated heterocycles. The summed E-state index contributed by atoms with van der Waals surface area (Å²) >= 11 is 19.1. The number of hydrogen-bond acceptors (Lipinski definition) is 10. The van der Waals surface area contributed by atoms with E-state index < -0.39 is 21.8 Å². The van der Waals surface area contributed by atoms with Crippen molar-refractivity contribution in [3.05, 3.63) is 120 Å². The Kier molecular flexibility index (Phi) is 19.9.